The maximum atomic E-state index is 13.2. The van der Waals surface area contributed by atoms with E-state index in [1.165, 1.54) is 21.3 Å². The number of rotatable bonds is 9. The van der Waals surface area contributed by atoms with Crippen LogP contribution in [0.3, 0.4) is 0 Å². The molecule has 6 heteroatoms. The van der Waals surface area contributed by atoms with E-state index in [1.54, 1.807) is 24.4 Å². The van der Waals surface area contributed by atoms with E-state index >= 15 is 0 Å². The molecule has 0 fully saturated rings. The molecule has 4 rings (SSSR count). The van der Waals surface area contributed by atoms with Gasteiger partial charge in [-0.15, -0.1) is 0 Å². The third-order valence-corrected chi connectivity index (χ3v) is 5.25. The molecule has 0 saturated carbocycles. The molecule has 33 heavy (non-hydrogen) atoms. The zero-order valence-electron chi connectivity index (χ0n) is 18.8. The van der Waals surface area contributed by atoms with E-state index in [1.807, 2.05) is 65.4 Å². The first kappa shape index (κ1) is 22.0. The van der Waals surface area contributed by atoms with E-state index < -0.39 is 0 Å². The molecule has 0 aliphatic rings. The summed E-state index contributed by atoms with van der Waals surface area (Å²) in [6.07, 6.45) is 3.64. The van der Waals surface area contributed by atoms with Gasteiger partial charge in [0.15, 0.2) is 17.3 Å². The van der Waals surface area contributed by atoms with Gasteiger partial charge in [0.25, 0.3) is 0 Å². The average molecular weight is 443 g/mol. The van der Waals surface area contributed by atoms with Crippen molar-refractivity contribution in [1.29, 1.82) is 0 Å². The smallest absolute Gasteiger partial charge is 0.203 e. The third kappa shape index (κ3) is 4.85. The minimum Gasteiger partial charge on any atom is -0.493 e. The molecule has 0 aliphatic carbocycles. The lowest BCUT2D eigenvalue weighted by molar-refractivity contribution is 0.103. The number of methoxy groups -OCH3 is 3. The Hall–Kier alpha value is -4.19. The van der Waals surface area contributed by atoms with Crippen LogP contribution < -0.4 is 18.9 Å². The van der Waals surface area contributed by atoms with Gasteiger partial charge in [0, 0.05) is 35.3 Å². The molecule has 1 heterocycles. The lowest BCUT2D eigenvalue weighted by Gasteiger charge is -2.13. The van der Waals surface area contributed by atoms with Crippen molar-refractivity contribution in [2.45, 2.75) is 6.61 Å². The summed E-state index contributed by atoms with van der Waals surface area (Å²) in [7, 11) is 4.57. The standard InChI is InChI=1S/C27H25NO5/c1-30-24-14-21(15-25(31-2)27(24)32-3)26(29)20-12-13-28(17-20)22-10-7-11-23(16-22)33-18-19-8-5-4-6-9-19/h4-17H,18H2,1-3H3. The molecule has 0 amide bonds. The van der Waals surface area contributed by atoms with Crippen LogP contribution in [-0.4, -0.2) is 31.7 Å². The Morgan fingerprint density at radius 2 is 1.52 bits per heavy atom. The molecule has 0 atom stereocenters. The summed E-state index contributed by atoms with van der Waals surface area (Å²) < 4.78 is 23.9. The topological polar surface area (TPSA) is 58.9 Å². The average Bonchev–Trinajstić information content (AvgIpc) is 3.37. The Kier molecular flexibility index (Phi) is 6.64. The Labute approximate surface area is 192 Å². The normalized spacial score (nSPS) is 10.5. The zero-order valence-corrected chi connectivity index (χ0v) is 18.8. The van der Waals surface area contributed by atoms with Crippen LogP contribution in [0.15, 0.2) is 85.2 Å². The maximum Gasteiger partial charge on any atom is 0.203 e. The van der Waals surface area contributed by atoms with Crippen molar-refractivity contribution in [3.05, 3.63) is 102 Å². The van der Waals surface area contributed by atoms with Crippen LogP contribution in [0.1, 0.15) is 21.5 Å². The van der Waals surface area contributed by atoms with E-state index in [-0.39, 0.29) is 5.78 Å². The Morgan fingerprint density at radius 1 is 0.788 bits per heavy atom. The minimum absolute atomic E-state index is 0.149. The van der Waals surface area contributed by atoms with Crippen LogP contribution in [0.5, 0.6) is 23.0 Å². The lowest BCUT2D eigenvalue weighted by Crippen LogP contribution is -2.03. The number of carbonyl (C=O) groups is 1. The first-order valence-electron chi connectivity index (χ1n) is 10.4. The van der Waals surface area contributed by atoms with Crippen LogP contribution >= 0.6 is 0 Å². The molecule has 3 aromatic carbocycles. The molecule has 0 spiro atoms. The molecule has 1 aromatic heterocycles. The van der Waals surface area contributed by atoms with E-state index in [0.717, 1.165) is 17.0 Å². The number of ether oxygens (including phenoxy) is 4. The van der Waals surface area contributed by atoms with Gasteiger partial charge in [-0.1, -0.05) is 36.4 Å². The molecular weight excluding hydrogens is 418 g/mol. The van der Waals surface area contributed by atoms with Crippen molar-refractivity contribution < 1.29 is 23.7 Å². The van der Waals surface area contributed by atoms with E-state index in [0.29, 0.717) is 35.0 Å². The van der Waals surface area contributed by atoms with Crippen LogP contribution in [0.25, 0.3) is 5.69 Å². The maximum absolute atomic E-state index is 13.2. The second-order valence-corrected chi connectivity index (χ2v) is 7.32. The van der Waals surface area contributed by atoms with Crippen LogP contribution in [0, 0.1) is 0 Å². The van der Waals surface area contributed by atoms with Crippen molar-refractivity contribution in [2.75, 3.05) is 21.3 Å². The Bertz CT molecular complexity index is 1220. The summed E-state index contributed by atoms with van der Waals surface area (Å²) >= 11 is 0. The van der Waals surface area contributed by atoms with Crippen molar-refractivity contribution in [3.8, 4) is 28.7 Å². The number of hydrogen-bond donors (Lipinski definition) is 0. The Balaban J connectivity index is 1.55. The summed E-state index contributed by atoms with van der Waals surface area (Å²) in [5, 5.41) is 0. The number of nitrogens with zero attached hydrogens (tertiary/aromatic N) is 1. The minimum atomic E-state index is -0.149. The quantitative estimate of drug-likeness (QED) is 0.328. The SMILES string of the molecule is COc1cc(C(=O)c2ccn(-c3cccc(OCc4ccccc4)c3)c2)cc(OC)c1OC. The van der Waals surface area contributed by atoms with Crippen molar-refractivity contribution in [1.82, 2.24) is 4.57 Å². The number of hydrogen-bond acceptors (Lipinski definition) is 5. The fourth-order valence-corrected chi connectivity index (χ4v) is 3.55. The number of aromatic nitrogens is 1. The van der Waals surface area contributed by atoms with Gasteiger partial charge < -0.3 is 23.5 Å². The largest absolute Gasteiger partial charge is 0.493 e. The van der Waals surface area contributed by atoms with Gasteiger partial charge in [0.05, 0.1) is 21.3 Å². The third-order valence-electron chi connectivity index (χ3n) is 5.25. The van der Waals surface area contributed by atoms with Gasteiger partial charge in [-0.2, -0.15) is 0 Å². The summed E-state index contributed by atoms with van der Waals surface area (Å²) in [6.45, 7) is 0.487. The van der Waals surface area contributed by atoms with Gasteiger partial charge in [-0.05, 0) is 35.9 Å². The summed E-state index contributed by atoms with van der Waals surface area (Å²) in [5.74, 6) is 1.92. The molecule has 4 aromatic rings. The molecule has 0 radical (unpaired) electrons. The highest BCUT2D eigenvalue weighted by atomic mass is 16.5. The zero-order chi connectivity index (χ0) is 23.2. The predicted molar refractivity (Wildman–Crippen MR) is 126 cm³/mol. The van der Waals surface area contributed by atoms with Gasteiger partial charge in [0.2, 0.25) is 5.75 Å². The highest BCUT2D eigenvalue weighted by Crippen LogP contribution is 2.38. The van der Waals surface area contributed by atoms with Gasteiger partial charge in [0.1, 0.15) is 12.4 Å². The van der Waals surface area contributed by atoms with Crippen molar-refractivity contribution in [3.63, 3.8) is 0 Å². The molecule has 0 unspecified atom stereocenters. The summed E-state index contributed by atoms with van der Waals surface area (Å²) in [5.41, 5.74) is 2.98. The number of ketones is 1. The molecule has 0 saturated heterocycles. The van der Waals surface area contributed by atoms with E-state index in [2.05, 4.69) is 0 Å². The molecular formula is C27H25NO5. The number of carbonyl (C=O) groups excluding carboxylic acids is 1. The summed E-state index contributed by atoms with van der Waals surface area (Å²) in [6, 6.07) is 22.8. The van der Waals surface area contributed by atoms with E-state index in [4.69, 9.17) is 18.9 Å². The lowest BCUT2D eigenvalue weighted by atomic mass is 10.0. The first-order valence-corrected chi connectivity index (χ1v) is 10.4. The monoisotopic (exact) mass is 443 g/mol. The highest BCUT2D eigenvalue weighted by Gasteiger charge is 2.19. The fourth-order valence-electron chi connectivity index (χ4n) is 3.55. The highest BCUT2D eigenvalue weighted by molar-refractivity contribution is 6.09. The summed E-state index contributed by atoms with van der Waals surface area (Å²) in [4.78, 5) is 13.2. The van der Waals surface area contributed by atoms with E-state index in [9.17, 15) is 4.79 Å². The van der Waals surface area contributed by atoms with Crippen LogP contribution in [0.2, 0.25) is 0 Å². The van der Waals surface area contributed by atoms with Crippen molar-refractivity contribution in [2.24, 2.45) is 0 Å². The van der Waals surface area contributed by atoms with Gasteiger partial charge in [-0.3, -0.25) is 4.79 Å². The predicted octanol–water partition coefficient (Wildman–Crippen LogP) is 5.31. The molecule has 0 N–H and O–H groups in total. The van der Waals surface area contributed by atoms with Gasteiger partial charge in [-0.25, -0.2) is 0 Å². The Morgan fingerprint density at radius 3 is 2.18 bits per heavy atom. The molecule has 6 nitrogen and oxygen atoms in total. The fraction of sp³-hybridized carbons (Fsp3) is 0.148. The second kappa shape index (κ2) is 9.96. The first-order chi connectivity index (χ1) is 16.1. The van der Waals surface area contributed by atoms with Gasteiger partial charge >= 0.3 is 0 Å². The second-order valence-electron chi connectivity index (χ2n) is 7.32. The molecule has 0 aliphatic heterocycles. The van der Waals surface area contributed by atoms with Crippen LogP contribution in [-0.2, 0) is 6.61 Å². The van der Waals surface area contributed by atoms with Crippen molar-refractivity contribution >= 4 is 5.78 Å². The molecule has 0 bridgehead atoms. The molecule has 168 valence electrons. The number of benzene rings is 3. The van der Waals surface area contributed by atoms with Crippen LogP contribution in [0.4, 0.5) is 0 Å².